The molecule has 0 saturated carbocycles. The molecule has 0 aliphatic carbocycles. The molecular weight excluding hydrogens is 344 g/mol. The van der Waals surface area contributed by atoms with Gasteiger partial charge in [0.2, 0.25) is 11.8 Å². The molecule has 9 heteroatoms. The van der Waals surface area contributed by atoms with Crippen LogP contribution in [-0.2, 0) is 5.41 Å². The lowest BCUT2D eigenvalue weighted by molar-refractivity contribution is 0.396. The smallest absolute Gasteiger partial charge is 0.225 e. The van der Waals surface area contributed by atoms with E-state index in [9.17, 15) is 0 Å². The highest BCUT2D eigenvalue weighted by Gasteiger charge is 2.29. The van der Waals surface area contributed by atoms with Gasteiger partial charge >= 0.3 is 0 Å². The molecule has 0 spiro atoms. The Balaban J connectivity index is 1.39. The highest BCUT2D eigenvalue weighted by atomic mass is 16.5. The van der Waals surface area contributed by atoms with Crippen LogP contribution in [0.3, 0.4) is 0 Å². The van der Waals surface area contributed by atoms with Crippen molar-refractivity contribution in [1.29, 1.82) is 0 Å². The number of nitrogens with one attached hydrogen (secondary N) is 1. The van der Waals surface area contributed by atoms with Gasteiger partial charge in [-0.1, -0.05) is 20.8 Å². The van der Waals surface area contributed by atoms with Gasteiger partial charge in [-0.3, -0.25) is 0 Å². The Labute approximate surface area is 157 Å². The van der Waals surface area contributed by atoms with Gasteiger partial charge in [-0.2, -0.15) is 9.50 Å². The molecular formula is C18H24N8O. The summed E-state index contributed by atoms with van der Waals surface area (Å²) >= 11 is 0. The van der Waals surface area contributed by atoms with Gasteiger partial charge in [-0.25, -0.2) is 4.98 Å². The van der Waals surface area contributed by atoms with E-state index in [0.29, 0.717) is 17.7 Å². The number of nitrogens with zero attached hydrogens (tertiary/aromatic N) is 7. The van der Waals surface area contributed by atoms with Gasteiger partial charge in [0.15, 0.2) is 11.5 Å². The Morgan fingerprint density at radius 3 is 2.74 bits per heavy atom. The van der Waals surface area contributed by atoms with E-state index >= 15 is 0 Å². The molecule has 0 aromatic carbocycles. The van der Waals surface area contributed by atoms with Crippen LogP contribution in [0.1, 0.15) is 26.6 Å². The summed E-state index contributed by atoms with van der Waals surface area (Å²) < 4.78 is 6.97. The van der Waals surface area contributed by atoms with Gasteiger partial charge in [0.1, 0.15) is 5.82 Å². The predicted octanol–water partition coefficient (Wildman–Crippen LogP) is 1.77. The molecule has 3 aromatic heterocycles. The van der Waals surface area contributed by atoms with Crippen molar-refractivity contribution in [2.24, 2.45) is 5.92 Å². The number of hydrogen-bond acceptors (Lipinski definition) is 8. The molecule has 1 aliphatic rings. The number of hydrogen-bond donors (Lipinski definition) is 1. The molecule has 1 aliphatic heterocycles. The second kappa shape index (κ2) is 6.64. The van der Waals surface area contributed by atoms with Gasteiger partial charge in [0.05, 0.1) is 7.11 Å². The first-order valence-electron chi connectivity index (χ1n) is 9.03. The van der Waals surface area contributed by atoms with Crippen molar-refractivity contribution in [3.05, 3.63) is 30.2 Å². The average molecular weight is 368 g/mol. The van der Waals surface area contributed by atoms with Crippen LogP contribution in [0.2, 0.25) is 0 Å². The van der Waals surface area contributed by atoms with Crippen molar-refractivity contribution >= 4 is 17.4 Å². The van der Waals surface area contributed by atoms with E-state index in [2.05, 4.69) is 51.2 Å². The molecule has 9 nitrogen and oxygen atoms in total. The first-order valence-corrected chi connectivity index (χ1v) is 9.03. The van der Waals surface area contributed by atoms with Crippen molar-refractivity contribution in [3.8, 4) is 5.88 Å². The number of anilines is 2. The second-order valence-corrected chi connectivity index (χ2v) is 7.81. The van der Waals surface area contributed by atoms with E-state index in [1.807, 2.05) is 16.6 Å². The Morgan fingerprint density at radius 1 is 1.19 bits per heavy atom. The fourth-order valence-electron chi connectivity index (χ4n) is 3.08. The van der Waals surface area contributed by atoms with Crippen LogP contribution in [0, 0.1) is 5.92 Å². The summed E-state index contributed by atoms with van der Waals surface area (Å²) in [6.07, 6.45) is 1.69. The molecule has 0 bridgehead atoms. The molecule has 0 radical (unpaired) electrons. The summed E-state index contributed by atoms with van der Waals surface area (Å²) in [7, 11) is 1.60. The molecule has 4 heterocycles. The third-order valence-electron chi connectivity index (χ3n) is 4.59. The zero-order chi connectivity index (χ0) is 19.0. The highest BCUT2D eigenvalue weighted by Crippen LogP contribution is 2.25. The second-order valence-electron chi connectivity index (χ2n) is 7.81. The van der Waals surface area contributed by atoms with Crippen LogP contribution in [0.5, 0.6) is 5.88 Å². The third kappa shape index (κ3) is 3.49. The predicted molar refractivity (Wildman–Crippen MR) is 102 cm³/mol. The van der Waals surface area contributed by atoms with Crippen molar-refractivity contribution in [2.75, 3.05) is 37.0 Å². The molecule has 142 valence electrons. The van der Waals surface area contributed by atoms with Crippen molar-refractivity contribution in [2.45, 2.75) is 26.2 Å². The Bertz CT molecular complexity index is 942. The van der Waals surface area contributed by atoms with E-state index in [1.54, 1.807) is 19.4 Å². The lowest BCUT2D eigenvalue weighted by Crippen LogP contribution is -2.50. The topological polar surface area (TPSA) is 93.4 Å². The van der Waals surface area contributed by atoms with Gasteiger partial charge in [0.25, 0.3) is 0 Å². The molecule has 1 fully saturated rings. The lowest BCUT2D eigenvalue weighted by Gasteiger charge is -2.40. The number of fused-ring (bicyclic) bond motifs is 1. The molecule has 0 atom stereocenters. The molecule has 4 rings (SSSR count). The number of rotatable bonds is 5. The van der Waals surface area contributed by atoms with Crippen LogP contribution < -0.4 is 15.0 Å². The monoisotopic (exact) mass is 368 g/mol. The van der Waals surface area contributed by atoms with Gasteiger partial charge in [-0.15, -0.1) is 15.3 Å². The Hall–Kier alpha value is -2.97. The first kappa shape index (κ1) is 17.4. The Morgan fingerprint density at radius 2 is 2.00 bits per heavy atom. The van der Waals surface area contributed by atoms with Gasteiger partial charge in [0, 0.05) is 43.2 Å². The summed E-state index contributed by atoms with van der Waals surface area (Å²) in [4.78, 5) is 10.7. The SMILES string of the molecule is COc1ccnc(NCC2CN(c3ccc4nnc(C(C)(C)C)n4n3)C2)n1. The largest absolute Gasteiger partial charge is 0.481 e. The van der Waals surface area contributed by atoms with Crippen molar-refractivity contribution < 1.29 is 4.74 Å². The minimum Gasteiger partial charge on any atom is -0.481 e. The normalized spacial score (nSPS) is 15.0. The summed E-state index contributed by atoms with van der Waals surface area (Å²) in [5, 5.41) is 16.5. The van der Waals surface area contributed by atoms with Crippen LogP contribution >= 0.6 is 0 Å². The van der Waals surface area contributed by atoms with E-state index in [0.717, 1.165) is 36.9 Å². The molecule has 3 aromatic rings. The van der Waals surface area contributed by atoms with Gasteiger partial charge in [-0.05, 0) is 12.1 Å². The fraction of sp³-hybridized carbons (Fsp3) is 0.500. The van der Waals surface area contributed by atoms with Crippen molar-refractivity contribution in [3.63, 3.8) is 0 Å². The molecule has 0 unspecified atom stereocenters. The maximum absolute atomic E-state index is 5.12. The number of methoxy groups -OCH3 is 1. The zero-order valence-corrected chi connectivity index (χ0v) is 16.0. The minimum atomic E-state index is -0.108. The standard InChI is InChI=1S/C18H24N8O/c1-18(2,3)16-23-22-13-5-6-14(24-26(13)16)25-10-12(11-25)9-20-17-19-8-7-15(21-17)27-4/h5-8,12H,9-11H2,1-4H3,(H,19,20,21). The maximum Gasteiger partial charge on any atom is 0.225 e. The minimum absolute atomic E-state index is 0.108. The number of aromatic nitrogens is 6. The van der Waals surface area contributed by atoms with Crippen LogP contribution in [0.4, 0.5) is 11.8 Å². The van der Waals surface area contributed by atoms with E-state index in [1.165, 1.54) is 0 Å². The van der Waals surface area contributed by atoms with Crippen LogP contribution in [-0.4, -0.2) is 56.5 Å². The van der Waals surface area contributed by atoms with E-state index < -0.39 is 0 Å². The third-order valence-corrected chi connectivity index (χ3v) is 4.59. The molecule has 27 heavy (non-hydrogen) atoms. The summed E-state index contributed by atoms with van der Waals surface area (Å²) in [6.45, 7) is 9.02. The highest BCUT2D eigenvalue weighted by molar-refractivity contribution is 5.48. The van der Waals surface area contributed by atoms with Crippen LogP contribution in [0.25, 0.3) is 5.65 Å². The Kier molecular flexibility index (Phi) is 4.29. The summed E-state index contributed by atoms with van der Waals surface area (Å²) in [5.41, 5.74) is 0.668. The first-order chi connectivity index (χ1) is 12.9. The van der Waals surface area contributed by atoms with Gasteiger partial charge < -0.3 is 15.0 Å². The zero-order valence-electron chi connectivity index (χ0n) is 16.0. The lowest BCUT2D eigenvalue weighted by atomic mass is 9.96. The average Bonchev–Trinajstić information content (AvgIpc) is 3.04. The van der Waals surface area contributed by atoms with Crippen molar-refractivity contribution in [1.82, 2.24) is 29.8 Å². The quantitative estimate of drug-likeness (QED) is 0.728. The summed E-state index contributed by atoms with van der Waals surface area (Å²) in [5.74, 6) is 3.48. The van der Waals surface area contributed by atoms with Crippen LogP contribution in [0.15, 0.2) is 24.4 Å². The summed E-state index contributed by atoms with van der Waals surface area (Å²) in [6, 6.07) is 5.71. The molecule has 1 saturated heterocycles. The fourth-order valence-corrected chi connectivity index (χ4v) is 3.08. The number of ether oxygens (including phenoxy) is 1. The molecule has 1 N–H and O–H groups in total. The van der Waals surface area contributed by atoms with E-state index in [4.69, 9.17) is 9.84 Å². The van der Waals surface area contributed by atoms with E-state index in [-0.39, 0.29) is 5.41 Å². The maximum atomic E-state index is 5.12. The molecule has 0 amide bonds.